The maximum atomic E-state index is 11.7. The molecule has 0 aromatic carbocycles. The number of pyridine rings is 1. The molecule has 0 aliphatic carbocycles. The van der Waals surface area contributed by atoms with E-state index in [9.17, 15) is 9.90 Å². The summed E-state index contributed by atoms with van der Waals surface area (Å²) in [5, 5.41) is 10.6. The Balaban J connectivity index is 2.19. The number of hydrogen-bond donors (Lipinski definition) is 1. The van der Waals surface area contributed by atoms with Crippen molar-refractivity contribution in [3.05, 3.63) is 53.6 Å². The molecule has 0 saturated carbocycles. The number of esters is 1. The summed E-state index contributed by atoms with van der Waals surface area (Å²) in [6.45, 7) is 1.95. The molecule has 3 heterocycles. The molecule has 7 heteroatoms. The number of methoxy groups -OCH3 is 1. The van der Waals surface area contributed by atoms with Gasteiger partial charge in [-0.3, -0.25) is 4.40 Å². The predicted octanol–water partition coefficient (Wildman–Crippen LogP) is 1.75. The number of rotatable bonds is 4. The van der Waals surface area contributed by atoms with Crippen LogP contribution in [0.25, 0.3) is 5.65 Å². The van der Waals surface area contributed by atoms with Crippen LogP contribution in [0, 0.1) is 0 Å². The number of ether oxygens (including phenoxy) is 1. The van der Waals surface area contributed by atoms with Crippen molar-refractivity contribution in [2.24, 2.45) is 0 Å². The number of nitrogens with zero attached hydrogens (tertiary/aromatic N) is 3. The molecule has 0 aliphatic rings. The van der Waals surface area contributed by atoms with Gasteiger partial charge in [0.15, 0.2) is 6.39 Å². The molecule has 114 valence electrons. The molecule has 3 aromatic heterocycles. The molecule has 0 fully saturated rings. The fourth-order valence-corrected chi connectivity index (χ4v) is 2.40. The first-order valence-electron chi connectivity index (χ1n) is 6.81. The average Bonchev–Trinajstić information content (AvgIpc) is 3.19. The second kappa shape index (κ2) is 5.61. The maximum Gasteiger partial charge on any atom is 0.339 e. The minimum absolute atomic E-state index is 0.378. The Morgan fingerprint density at radius 2 is 2.32 bits per heavy atom. The lowest BCUT2D eigenvalue weighted by Crippen LogP contribution is -2.08. The van der Waals surface area contributed by atoms with Gasteiger partial charge in [-0.1, -0.05) is 6.92 Å². The quantitative estimate of drug-likeness (QED) is 0.738. The van der Waals surface area contributed by atoms with Crippen molar-refractivity contribution in [1.82, 2.24) is 14.4 Å². The third kappa shape index (κ3) is 2.25. The summed E-state index contributed by atoms with van der Waals surface area (Å²) in [7, 11) is 1.32. The van der Waals surface area contributed by atoms with Gasteiger partial charge in [-0.2, -0.15) is 0 Å². The fraction of sp³-hybridized carbons (Fsp3) is 0.267. The van der Waals surface area contributed by atoms with Crippen LogP contribution in [0.15, 0.2) is 35.4 Å². The minimum Gasteiger partial charge on any atom is -0.465 e. The van der Waals surface area contributed by atoms with E-state index in [1.807, 2.05) is 6.92 Å². The van der Waals surface area contributed by atoms with Gasteiger partial charge < -0.3 is 14.3 Å². The van der Waals surface area contributed by atoms with Crippen LogP contribution in [0.4, 0.5) is 0 Å². The first kappa shape index (κ1) is 14.3. The zero-order valence-electron chi connectivity index (χ0n) is 12.2. The minimum atomic E-state index is -0.989. The zero-order valence-corrected chi connectivity index (χ0v) is 12.2. The molecule has 0 amide bonds. The largest absolute Gasteiger partial charge is 0.465 e. The summed E-state index contributed by atoms with van der Waals surface area (Å²) >= 11 is 0. The molecule has 0 radical (unpaired) electrons. The van der Waals surface area contributed by atoms with Crippen LogP contribution in [0.3, 0.4) is 0 Å². The highest BCUT2D eigenvalue weighted by molar-refractivity contribution is 5.89. The average molecular weight is 301 g/mol. The summed E-state index contributed by atoms with van der Waals surface area (Å²) in [4.78, 5) is 20.2. The van der Waals surface area contributed by atoms with E-state index in [2.05, 4.69) is 9.97 Å². The smallest absolute Gasteiger partial charge is 0.339 e. The fourth-order valence-electron chi connectivity index (χ4n) is 2.40. The number of hydrogen-bond acceptors (Lipinski definition) is 6. The first-order valence-corrected chi connectivity index (χ1v) is 6.81. The van der Waals surface area contributed by atoms with Gasteiger partial charge in [0.05, 0.1) is 24.1 Å². The second-order valence-electron chi connectivity index (χ2n) is 4.75. The van der Waals surface area contributed by atoms with Gasteiger partial charge in [-0.15, -0.1) is 0 Å². The number of aliphatic hydroxyl groups excluding tert-OH is 1. The highest BCUT2D eigenvalue weighted by Gasteiger charge is 2.23. The third-order valence-electron chi connectivity index (χ3n) is 3.48. The van der Waals surface area contributed by atoms with Crippen molar-refractivity contribution in [3.63, 3.8) is 0 Å². The van der Waals surface area contributed by atoms with Crippen LogP contribution in [0.2, 0.25) is 0 Å². The van der Waals surface area contributed by atoms with E-state index in [1.165, 1.54) is 19.8 Å². The van der Waals surface area contributed by atoms with E-state index in [1.54, 1.807) is 22.7 Å². The second-order valence-corrected chi connectivity index (χ2v) is 4.75. The summed E-state index contributed by atoms with van der Waals surface area (Å²) in [6, 6.07) is 3.35. The van der Waals surface area contributed by atoms with Crippen LogP contribution in [0.5, 0.6) is 0 Å². The van der Waals surface area contributed by atoms with Crippen LogP contribution in [-0.2, 0) is 11.2 Å². The van der Waals surface area contributed by atoms with Crippen molar-refractivity contribution in [2.45, 2.75) is 19.4 Å². The van der Waals surface area contributed by atoms with E-state index in [0.717, 1.165) is 5.69 Å². The molecule has 1 N–H and O–H groups in total. The Hall–Kier alpha value is -2.67. The highest BCUT2D eigenvalue weighted by atomic mass is 16.5. The van der Waals surface area contributed by atoms with Crippen molar-refractivity contribution >= 4 is 11.6 Å². The van der Waals surface area contributed by atoms with Gasteiger partial charge in [0.2, 0.25) is 0 Å². The standard InChI is InChI=1S/C15H15N3O4/c1-3-10-13(14(19)11-7-22-8-16-11)18-6-9(15(20)21-2)4-5-12(18)17-10/h4-8,14,19H,3H2,1-2H3. The molecule has 3 rings (SSSR count). The van der Waals surface area contributed by atoms with Crippen LogP contribution < -0.4 is 0 Å². The van der Waals surface area contributed by atoms with Crippen molar-refractivity contribution < 1.29 is 19.1 Å². The highest BCUT2D eigenvalue weighted by Crippen LogP contribution is 2.26. The predicted molar refractivity (Wildman–Crippen MR) is 76.5 cm³/mol. The van der Waals surface area contributed by atoms with E-state index >= 15 is 0 Å². The Kier molecular flexibility index (Phi) is 3.64. The number of aryl methyl sites for hydroxylation is 1. The molecule has 22 heavy (non-hydrogen) atoms. The molecular weight excluding hydrogens is 286 g/mol. The lowest BCUT2D eigenvalue weighted by atomic mass is 10.1. The normalized spacial score (nSPS) is 12.5. The number of oxazole rings is 1. The maximum absolute atomic E-state index is 11.7. The van der Waals surface area contributed by atoms with E-state index < -0.39 is 12.1 Å². The van der Waals surface area contributed by atoms with Crippen LogP contribution in [-0.4, -0.2) is 32.6 Å². The molecule has 0 bridgehead atoms. The van der Waals surface area contributed by atoms with Crippen molar-refractivity contribution in [2.75, 3.05) is 7.11 Å². The van der Waals surface area contributed by atoms with Gasteiger partial charge in [0.25, 0.3) is 0 Å². The van der Waals surface area contributed by atoms with Gasteiger partial charge in [0, 0.05) is 6.20 Å². The summed E-state index contributed by atoms with van der Waals surface area (Å²) < 4.78 is 11.3. The lowest BCUT2D eigenvalue weighted by Gasteiger charge is -2.10. The van der Waals surface area contributed by atoms with Crippen molar-refractivity contribution in [3.8, 4) is 0 Å². The van der Waals surface area contributed by atoms with Gasteiger partial charge in [0.1, 0.15) is 23.7 Å². The number of fused-ring (bicyclic) bond motifs is 1. The van der Waals surface area contributed by atoms with E-state index in [4.69, 9.17) is 9.15 Å². The SMILES string of the molecule is CCc1nc2ccc(C(=O)OC)cn2c1C(O)c1cocn1. The Morgan fingerprint density at radius 1 is 1.50 bits per heavy atom. The molecule has 0 spiro atoms. The Labute approximate surface area is 126 Å². The van der Waals surface area contributed by atoms with Crippen LogP contribution in [0.1, 0.15) is 40.5 Å². The lowest BCUT2D eigenvalue weighted by molar-refractivity contribution is 0.0600. The third-order valence-corrected chi connectivity index (χ3v) is 3.48. The molecular formula is C15H15N3O4. The van der Waals surface area contributed by atoms with Gasteiger partial charge in [-0.05, 0) is 18.6 Å². The van der Waals surface area contributed by atoms with E-state index in [0.29, 0.717) is 29.0 Å². The molecule has 0 saturated heterocycles. The van der Waals surface area contributed by atoms with Crippen molar-refractivity contribution in [1.29, 1.82) is 0 Å². The monoisotopic (exact) mass is 301 g/mol. The number of aliphatic hydroxyl groups is 1. The number of carbonyl (C=O) groups is 1. The summed E-state index contributed by atoms with van der Waals surface area (Å²) in [6.07, 6.45) is 3.89. The zero-order chi connectivity index (χ0) is 15.7. The Morgan fingerprint density at radius 3 is 2.95 bits per heavy atom. The number of carbonyl (C=O) groups excluding carboxylic acids is 1. The topological polar surface area (TPSA) is 89.9 Å². The first-order chi connectivity index (χ1) is 10.7. The molecule has 3 aromatic rings. The Bertz CT molecular complexity index is 808. The summed E-state index contributed by atoms with van der Waals surface area (Å²) in [5.74, 6) is -0.449. The molecule has 1 atom stereocenters. The molecule has 7 nitrogen and oxygen atoms in total. The van der Waals surface area contributed by atoms with Gasteiger partial charge >= 0.3 is 5.97 Å². The summed E-state index contributed by atoms with van der Waals surface area (Å²) in [5.41, 5.74) is 2.71. The molecule has 1 unspecified atom stereocenters. The number of imidazole rings is 1. The molecule has 0 aliphatic heterocycles. The van der Waals surface area contributed by atoms with E-state index in [-0.39, 0.29) is 0 Å². The number of aromatic nitrogens is 3. The van der Waals surface area contributed by atoms with Gasteiger partial charge in [-0.25, -0.2) is 14.8 Å². The van der Waals surface area contributed by atoms with Crippen LogP contribution >= 0.6 is 0 Å².